The fourth-order valence-corrected chi connectivity index (χ4v) is 4.33. The second-order valence-electron chi connectivity index (χ2n) is 7.21. The highest BCUT2D eigenvalue weighted by molar-refractivity contribution is 6.98. The Kier molecular flexibility index (Phi) is 4.34. The minimum absolute atomic E-state index is 0.0701. The summed E-state index contributed by atoms with van der Waals surface area (Å²) in [6, 6.07) is 8.21. The first kappa shape index (κ1) is 20.5. The molecule has 4 aromatic rings. The standard InChI is InChI=1S/C22H6BF9/c24-14-11-8-5-1-3-7-4-2-6-9(10(7)8)23(12(11)15(25)19(29)18(14)28)13-16(26)20(30)22(32)21(31)17(13)27/h1-6H. The zero-order valence-corrected chi connectivity index (χ0v) is 15.4. The minimum Gasteiger partial charge on any atom is -0.204 e. The van der Waals surface area contributed by atoms with Gasteiger partial charge in [0.2, 0.25) is 0 Å². The maximum Gasteiger partial charge on any atom is 0.254 e. The Hall–Kier alpha value is -3.43. The second-order valence-corrected chi connectivity index (χ2v) is 7.21. The summed E-state index contributed by atoms with van der Waals surface area (Å²) in [5.74, 6) is -20.0. The van der Waals surface area contributed by atoms with Gasteiger partial charge in [-0.25, -0.2) is 39.5 Å². The topological polar surface area (TPSA) is 0 Å². The van der Waals surface area contributed by atoms with Gasteiger partial charge in [0, 0.05) is 11.0 Å². The van der Waals surface area contributed by atoms with E-state index in [9.17, 15) is 39.5 Å². The first-order valence-electron chi connectivity index (χ1n) is 9.05. The van der Waals surface area contributed by atoms with Gasteiger partial charge in [0.25, 0.3) is 6.71 Å². The number of halogens is 9. The van der Waals surface area contributed by atoms with E-state index < -0.39 is 75.6 Å². The lowest BCUT2D eigenvalue weighted by Gasteiger charge is -2.28. The Balaban J connectivity index is 2.06. The van der Waals surface area contributed by atoms with Crippen molar-refractivity contribution in [3.05, 3.63) is 88.8 Å². The average molecular weight is 452 g/mol. The highest BCUT2D eigenvalue weighted by Crippen LogP contribution is 2.35. The molecule has 0 aliphatic carbocycles. The van der Waals surface area contributed by atoms with Crippen molar-refractivity contribution in [1.29, 1.82) is 0 Å². The molecule has 160 valence electrons. The van der Waals surface area contributed by atoms with Crippen LogP contribution in [0, 0.1) is 52.4 Å². The molecular formula is C22H6BF9. The largest absolute Gasteiger partial charge is 0.254 e. The normalized spacial score (nSPS) is 12.5. The van der Waals surface area contributed by atoms with Crippen molar-refractivity contribution in [1.82, 2.24) is 0 Å². The number of fused-ring (bicyclic) bond motifs is 2. The average Bonchev–Trinajstić information content (AvgIpc) is 2.80. The summed E-state index contributed by atoms with van der Waals surface area (Å²) in [4.78, 5) is 0. The van der Waals surface area contributed by atoms with Gasteiger partial charge in [-0.2, -0.15) is 0 Å². The summed E-state index contributed by atoms with van der Waals surface area (Å²) in [5, 5.41) is 0.407. The maximum absolute atomic E-state index is 15.0. The van der Waals surface area contributed by atoms with Crippen LogP contribution in [0.5, 0.6) is 0 Å². The van der Waals surface area contributed by atoms with E-state index in [4.69, 9.17) is 0 Å². The van der Waals surface area contributed by atoms with Crippen LogP contribution in [0.3, 0.4) is 0 Å². The zero-order chi connectivity index (χ0) is 23.1. The van der Waals surface area contributed by atoms with E-state index in [-0.39, 0.29) is 16.4 Å². The molecule has 0 fully saturated rings. The third-order valence-electron chi connectivity index (χ3n) is 5.64. The van der Waals surface area contributed by atoms with Crippen LogP contribution in [0.25, 0.3) is 21.9 Å². The lowest BCUT2D eigenvalue weighted by Crippen LogP contribution is -2.59. The molecule has 0 atom stereocenters. The smallest absolute Gasteiger partial charge is 0.204 e. The van der Waals surface area contributed by atoms with Crippen molar-refractivity contribution in [2.75, 3.05) is 0 Å². The highest BCUT2D eigenvalue weighted by atomic mass is 19.2. The molecule has 1 heterocycles. The highest BCUT2D eigenvalue weighted by Gasteiger charge is 2.43. The third-order valence-corrected chi connectivity index (χ3v) is 5.64. The van der Waals surface area contributed by atoms with Gasteiger partial charge in [0.15, 0.2) is 52.4 Å². The Morgan fingerprint density at radius 3 is 1.53 bits per heavy atom. The molecule has 1 aliphatic heterocycles. The van der Waals surface area contributed by atoms with Crippen molar-refractivity contribution in [2.24, 2.45) is 0 Å². The Morgan fingerprint density at radius 1 is 0.469 bits per heavy atom. The molecule has 0 radical (unpaired) electrons. The fourth-order valence-electron chi connectivity index (χ4n) is 4.33. The number of benzene rings is 4. The molecular weight excluding hydrogens is 446 g/mol. The summed E-state index contributed by atoms with van der Waals surface area (Å²) in [7, 11) is 0. The molecule has 0 saturated carbocycles. The lowest BCUT2D eigenvalue weighted by molar-refractivity contribution is 0.384. The van der Waals surface area contributed by atoms with Crippen LogP contribution in [0.2, 0.25) is 0 Å². The monoisotopic (exact) mass is 452 g/mol. The third kappa shape index (κ3) is 2.43. The zero-order valence-electron chi connectivity index (χ0n) is 15.4. The van der Waals surface area contributed by atoms with E-state index in [1.165, 1.54) is 36.4 Å². The number of hydrogen-bond acceptors (Lipinski definition) is 0. The second kappa shape index (κ2) is 6.78. The van der Waals surface area contributed by atoms with Crippen molar-refractivity contribution in [3.63, 3.8) is 0 Å². The van der Waals surface area contributed by atoms with E-state index in [1.54, 1.807) is 0 Å². The van der Waals surface area contributed by atoms with Crippen molar-refractivity contribution in [3.8, 4) is 11.1 Å². The van der Waals surface area contributed by atoms with Crippen LogP contribution in [0.15, 0.2) is 36.4 Å². The minimum atomic E-state index is -2.45. The number of rotatable bonds is 1. The molecule has 0 amide bonds. The van der Waals surface area contributed by atoms with E-state index in [0.717, 1.165) is 0 Å². The van der Waals surface area contributed by atoms with Gasteiger partial charge in [-0.05, 0) is 21.8 Å². The molecule has 1 aliphatic rings. The van der Waals surface area contributed by atoms with E-state index in [0.29, 0.717) is 5.39 Å². The van der Waals surface area contributed by atoms with Crippen LogP contribution in [-0.2, 0) is 0 Å². The Morgan fingerprint density at radius 2 is 0.938 bits per heavy atom. The maximum atomic E-state index is 15.0. The van der Waals surface area contributed by atoms with Gasteiger partial charge >= 0.3 is 0 Å². The van der Waals surface area contributed by atoms with Crippen LogP contribution in [0.1, 0.15) is 0 Å². The molecule has 0 unspecified atom stereocenters. The van der Waals surface area contributed by atoms with Gasteiger partial charge in [-0.3, -0.25) is 0 Å². The predicted molar refractivity (Wildman–Crippen MR) is 100 cm³/mol. The molecule has 10 heteroatoms. The molecule has 0 nitrogen and oxygen atoms in total. The van der Waals surface area contributed by atoms with Gasteiger partial charge in [-0.1, -0.05) is 41.9 Å². The quantitative estimate of drug-likeness (QED) is 0.151. The summed E-state index contributed by atoms with van der Waals surface area (Å²) >= 11 is 0. The van der Waals surface area contributed by atoms with Crippen LogP contribution in [-0.4, -0.2) is 6.71 Å². The van der Waals surface area contributed by atoms with Gasteiger partial charge in [0.05, 0.1) is 0 Å². The van der Waals surface area contributed by atoms with E-state index in [1.807, 2.05) is 0 Å². The van der Waals surface area contributed by atoms with E-state index in [2.05, 4.69) is 0 Å². The molecule has 0 aromatic heterocycles. The predicted octanol–water partition coefficient (Wildman–Crippen LogP) is 4.59. The first-order valence-corrected chi connectivity index (χ1v) is 9.05. The summed E-state index contributed by atoms with van der Waals surface area (Å²) < 4.78 is 129. The van der Waals surface area contributed by atoms with Crippen LogP contribution >= 0.6 is 0 Å². The molecule has 0 bridgehead atoms. The summed E-state index contributed by atoms with van der Waals surface area (Å²) in [5.41, 5.74) is -3.73. The molecule has 4 aromatic carbocycles. The van der Waals surface area contributed by atoms with Gasteiger partial charge < -0.3 is 0 Å². The number of hydrogen-bond donors (Lipinski definition) is 0. The Bertz CT molecular complexity index is 1440. The summed E-state index contributed by atoms with van der Waals surface area (Å²) in [6.07, 6.45) is 0. The van der Waals surface area contributed by atoms with Gasteiger partial charge in [0.1, 0.15) is 0 Å². The van der Waals surface area contributed by atoms with Crippen LogP contribution in [0.4, 0.5) is 39.5 Å². The van der Waals surface area contributed by atoms with Crippen LogP contribution < -0.4 is 16.4 Å². The Labute approximate surface area is 174 Å². The first-order chi connectivity index (χ1) is 15.2. The van der Waals surface area contributed by atoms with Crippen molar-refractivity contribution < 1.29 is 39.5 Å². The molecule has 32 heavy (non-hydrogen) atoms. The van der Waals surface area contributed by atoms with E-state index >= 15 is 0 Å². The molecule has 0 spiro atoms. The summed E-state index contributed by atoms with van der Waals surface area (Å²) in [6.45, 7) is -2.15. The lowest BCUT2D eigenvalue weighted by atomic mass is 9.33. The van der Waals surface area contributed by atoms with Crippen molar-refractivity contribution >= 4 is 33.9 Å². The SMILES string of the molecule is Fc1c(F)c(F)c(B2c3c(F)c(F)c(F)c(F)c3-c3cccc4cccc2c34)c(F)c1F. The molecule has 0 N–H and O–H groups in total. The molecule has 0 saturated heterocycles. The van der Waals surface area contributed by atoms with Crippen molar-refractivity contribution in [2.45, 2.75) is 0 Å². The fraction of sp³-hybridized carbons (Fsp3) is 0. The molecule has 5 rings (SSSR count). The van der Waals surface area contributed by atoms with Gasteiger partial charge in [-0.15, -0.1) is 0 Å².